The molecule has 2 saturated heterocycles. The Bertz CT molecular complexity index is 218. The summed E-state index contributed by atoms with van der Waals surface area (Å²) in [5.41, 5.74) is 0. The van der Waals surface area contributed by atoms with E-state index in [9.17, 15) is 4.79 Å². The molecule has 0 radical (unpaired) electrons. The lowest BCUT2D eigenvalue weighted by Gasteiger charge is -2.25. The van der Waals surface area contributed by atoms with Crippen molar-refractivity contribution < 1.29 is 9.53 Å². The Morgan fingerprint density at radius 1 is 1.19 bits per heavy atom. The van der Waals surface area contributed by atoms with Gasteiger partial charge in [-0.05, 0) is 38.6 Å². The van der Waals surface area contributed by atoms with E-state index in [1.807, 2.05) is 0 Å². The number of ether oxygens (including phenoxy) is 1. The molecule has 2 rings (SSSR count). The van der Waals surface area contributed by atoms with Crippen LogP contribution in [-0.4, -0.2) is 31.6 Å². The molecule has 92 valence electrons. The molecule has 0 spiro atoms. The fourth-order valence-electron chi connectivity index (χ4n) is 2.71. The molecule has 16 heavy (non-hydrogen) atoms. The van der Waals surface area contributed by atoms with Crippen LogP contribution in [0, 0.1) is 5.92 Å². The lowest BCUT2D eigenvalue weighted by atomic mass is 9.90. The highest BCUT2D eigenvalue weighted by Crippen LogP contribution is 2.19. The number of hydrogen-bond acceptors (Lipinski definition) is 3. The molecule has 0 saturated carbocycles. The highest BCUT2D eigenvalue weighted by atomic mass is 16.5. The molecule has 2 aliphatic rings. The summed E-state index contributed by atoms with van der Waals surface area (Å²) >= 11 is 0. The first kappa shape index (κ1) is 12.1. The summed E-state index contributed by atoms with van der Waals surface area (Å²) in [6.45, 7) is 2.69. The molecule has 2 aliphatic heterocycles. The smallest absolute Gasteiger partial charge is 0.136 e. The Morgan fingerprint density at radius 3 is 2.69 bits per heavy atom. The van der Waals surface area contributed by atoms with E-state index < -0.39 is 0 Å². The number of piperidine rings is 1. The van der Waals surface area contributed by atoms with Gasteiger partial charge in [0.25, 0.3) is 0 Å². The van der Waals surface area contributed by atoms with Crippen LogP contribution >= 0.6 is 0 Å². The summed E-state index contributed by atoms with van der Waals surface area (Å²) in [7, 11) is 0. The predicted molar refractivity (Wildman–Crippen MR) is 63.4 cm³/mol. The van der Waals surface area contributed by atoms with Gasteiger partial charge in [-0.2, -0.15) is 0 Å². The fourth-order valence-corrected chi connectivity index (χ4v) is 2.71. The number of nitrogens with one attached hydrogen (secondary N) is 1. The predicted octanol–water partition coefficient (Wildman–Crippen LogP) is 1.90. The molecule has 0 aliphatic carbocycles. The van der Waals surface area contributed by atoms with Crippen molar-refractivity contribution in [1.82, 2.24) is 5.32 Å². The van der Waals surface area contributed by atoms with Gasteiger partial charge in [0.1, 0.15) is 5.78 Å². The maximum absolute atomic E-state index is 12.0. The zero-order chi connectivity index (χ0) is 11.2. The third kappa shape index (κ3) is 3.56. The van der Waals surface area contributed by atoms with E-state index in [0.717, 1.165) is 45.4 Å². The first-order valence-corrected chi connectivity index (χ1v) is 6.70. The third-order valence-electron chi connectivity index (χ3n) is 3.83. The number of ketones is 1. The summed E-state index contributed by atoms with van der Waals surface area (Å²) in [5.74, 6) is 0.757. The monoisotopic (exact) mass is 225 g/mol. The van der Waals surface area contributed by atoms with E-state index in [2.05, 4.69) is 5.32 Å². The topological polar surface area (TPSA) is 38.3 Å². The van der Waals surface area contributed by atoms with Crippen LogP contribution in [-0.2, 0) is 9.53 Å². The number of hydrogen-bond donors (Lipinski definition) is 1. The third-order valence-corrected chi connectivity index (χ3v) is 3.83. The first-order valence-electron chi connectivity index (χ1n) is 6.70. The van der Waals surface area contributed by atoms with Crippen molar-refractivity contribution in [3.8, 4) is 0 Å². The van der Waals surface area contributed by atoms with Crippen LogP contribution in [0.4, 0.5) is 0 Å². The normalized spacial score (nSPS) is 27.9. The second-order valence-electron chi connectivity index (χ2n) is 5.04. The molecule has 3 heteroatoms. The quantitative estimate of drug-likeness (QED) is 0.794. The molecule has 0 aromatic heterocycles. The molecule has 1 N–H and O–H groups in total. The molecule has 1 atom stereocenters. The van der Waals surface area contributed by atoms with E-state index in [-0.39, 0.29) is 5.92 Å². The van der Waals surface area contributed by atoms with E-state index in [1.165, 1.54) is 19.3 Å². The minimum Gasteiger partial charge on any atom is -0.381 e. The molecular weight excluding hydrogens is 202 g/mol. The van der Waals surface area contributed by atoms with Gasteiger partial charge in [0, 0.05) is 31.6 Å². The summed E-state index contributed by atoms with van der Waals surface area (Å²) in [6, 6.07) is 0.595. The summed E-state index contributed by atoms with van der Waals surface area (Å²) in [5, 5.41) is 3.50. The molecule has 2 fully saturated rings. The van der Waals surface area contributed by atoms with E-state index >= 15 is 0 Å². The van der Waals surface area contributed by atoms with Crippen LogP contribution in [0.2, 0.25) is 0 Å². The van der Waals surface area contributed by atoms with Gasteiger partial charge in [-0.1, -0.05) is 6.42 Å². The number of carbonyl (C=O) groups excluding carboxylic acids is 1. The highest BCUT2D eigenvalue weighted by Gasteiger charge is 2.22. The van der Waals surface area contributed by atoms with Crippen molar-refractivity contribution in [2.75, 3.05) is 19.8 Å². The van der Waals surface area contributed by atoms with Crippen molar-refractivity contribution >= 4 is 5.78 Å². The van der Waals surface area contributed by atoms with Crippen LogP contribution in [0.25, 0.3) is 0 Å². The Kier molecular flexibility index (Phi) is 4.79. The molecule has 0 amide bonds. The number of carbonyl (C=O) groups is 1. The number of rotatable bonds is 4. The standard InChI is InChI=1S/C13H23NO2/c15-13(11-6-9-16-10-7-11)5-4-12-3-1-2-8-14-12/h11-12,14H,1-10H2. The Balaban J connectivity index is 1.65. The first-order chi connectivity index (χ1) is 7.86. The second kappa shape index (κ2) is 6.36. The van der Waals surface area contributed by atoms with Crippen LogP contribution in [0.15, 0.2) is 0 Å². The minimum absolute atomic E-state index is 0.289. The van der Waals surface area contributed by atoms with Gasteiger partial charge in [0.15, 0.2) is 0 Å². The van der Waals surface area contributed by atoms with Crippen LogP contribution in [0.1, 0.15) is 44.9 Å². The van der Waals surface area contributed by atoms with E-state index in [0.29, 0.717) is 11.8 Å². The molecule has 0 aromatic rings. The largest absolute Gasteiger partial charge is 0.381 e. The zero-order valence-electron chi connectivity index (χ0n) is 10.0. The van der Waals surface area contributed by atoms with E-state index in [1.54, 1.807) is 0 Å². The van der Waals surface area contributed by atoms with Gasteiger partial charge in [0.2, 0.25) is 0 Å². The average Bonchev–Trinajstić information content (AvgIpc) is 2.38. The zero-order valence-corrected chi connectivity index (χ0v) is 10.0. The van der Waals surface area contributed by atoms with E-state index in [4.69, 9.17) is 4.74 Å². The van der Waals surface area contributed by atoms with Gasteiger partial charge in [0.05, 0.1) is 0 Å². The van der Waals surface area contributed by atoms with Gasteiger partial charge in [-0.25, -0.2) is 0 Å². The van der Waals surface area contributed by atoms with Crippen LogP contribution in [0.3, 0.4) is 0 Å². The Labute approximate surface area is 97.9 Å². The highest BCUT2D eigenvalue weighted by molar-refractivity contribution is 5.81. The van der Waals surface area contributed by atoms with Crippen molar-refractivity contribution in [3.63, 3.8) is 0 Å². The van der Waals surface area contributed by atoms with Gasteiger partial charge < -0.3 is 10.1 Å². The lowest BCUT2D eigenvalue weighted by molar-refractivity contribution is -0.125. The maximum atomic E-state index is 12.0. The van der Waals surface area contributed by atoms with Crippen LogP contribution in [0.5, 0.6) is 0 Å². The lowest BCUT2D eigenvalue weighted by Crippen LogP contribution is -2.35. The summed E-state index contributed by atoms with van der Waals surface area (Å²) in [4.78, 5) is 12.0. The molecule has 0 aromatic carbocycles. The summed E-state index contributed by atoms with van der Waals surface area (Å²) in [6.07, 6.45) is 7.56. The van der Waals surface area contributed by atoms with Gasteiger partial charge in [-0.15, -0.1) is 0 Å². The SMILES string of the molecule is O=C(CCC1CCCCN1)C1CCOCC1. The van der Waals surface area contributed by atoms with Crippen molar-refractivity contribution in [2.24, 2.45) is 5.92 Å². The van der Waals surface area contributed by atoms with Crippen molar-refractivity contribution in [2.45, 2.75) is 51.0 Å². The van der Waals surface area contributed by atoms with Crippen molar-refractivity contribution in [1.29, 1.82) is 0 Å². The Morgan fingerprint density at radius 2 is 2.00 bits per heavy atom. The summed E-state index contributed by atoms with van der Waals surface area (Å²) < 4.78 is 5.28. The Hall–Kier alpha value is -0.410. The molecule has 1 unspecified atom stereocenters. The van der Waals surface area contributed by atoms with Gasteiger partial charge in [-0.3, -0.25) is 4.79 Å². The minimum atomic E-state index is 0.289. The fraction of sp³-hybridized carbons (Fsp3) is 0.923. The average molecular weight is 225 g/mol. The molecular formula is C13H23NO2. The molecule has 2 heterocycles. The van der Waals surface area contributed by atoms with Gasteiger partial charge >= 0.3 is 0 Å². The van der Waals surface area contributed by atoms with Crippen molar-refractivity contribution in [3.05, 3.63) is 0 Å². The molecule has 3 nitrogen and oxygen atoms in total. The molecule has 0 bridgehead atoms. The maximum Gasteiger partial charge on any atom is 0.136 e. The number of Topliss-reactive ketones (excluding diaryl/α,β-unsaturated/α-hetero) is 1. The second-order valence-corrected chi connectivity index (χ2v) is 5.04. The van der Waals surface area contributed by atoms with Crippen LogP contribution < -0.4 is 5.32 Å².